The van der Waals surface area contributed by atoms with Crippen LogP contribution in [0.15, 0.2) is 78.5 Å². The highest BCUT2D eigenvalue weighted by Gasteiger charge is 2.46. The van der Waals surface area contributed by atoms with Gasteiger partial charge < -0.3 is 63.2 Å². The second-order valence-corrected chi connectivity index (χ2v) is 34.0. The smallest absolute Gasteiger partial charge is 0.453 e. The molecule has 7 atom stereocenters. The van der Waals surface area contributed by atoms with Crippen molar-refractivity contribution in [3.05, 3.63) is 97.6 Å². The zero-order valence-electron chi connectivity index (χ0n) is 54.9. The summed E-state index contributed by atoms with van der Waals surface area (Å²) in [4.78, 5) is 95.6. The lowest BCUT2D eigenvalue weighted by Gasteiger charge is -2.32. The van der Waals surface area contributed by atoms with E-state index in [1.807, 2.05) is 42.3 Å². The summed E-state index contributed by atoms with van der Waals surface area (Å²) in [6, 6.07) is 8.78. The maximum atomic E-state index is 13.4. The van der Waals surface area contributed by atoms with Crippen molar-refractivity contribution < 1.29 is 114 Å². The molecule has 6 rings (SSSR count). The molecule has 1 fully saturated rings. The minimum Gasteiger partial charge on any atom is -0.453 e. The van der Waals surface area contributed by atoms with Crippen LogP contribution in [-0.2, 0) is 56.6 Å². The van der Waals surface area contributed by atoms with Crippen molar-refractivity contribution in [1.29, 1.82) is 5.41 Å². The predicted octanol–water partition coefficient (Wildman–Crippen LogP) is 2.31. The summed E-state index contributed by atoms with van der Waals surface area (Å²) >= 11 is 0. The Kier molecular flexibility index (Phi) is 25.5. The average molecular weight is 1450 g/mol. The van der Waals surface area contributed by atoms with Gasteiger partial charge in [-0.2, -0.15) is 25.5 Å². The van der Waals surface area contributed by atoms with Gasteiger partial charge in [-0.3, -0.25) is 47.8 Å². The summed E-state index contributed by atoms with van der Waals surface area (Å²) < 4.78 is 137. The summed E-state index contributed by atoms with van der Waals surface area (Å²) in [5.74, 6) is -2.34. The molecule has 0 spiro atoms. The molecule has 1 aliphatic carbocycles. The number of nitrogens with two attached hydrogens (primary N) is 1. The van der Waals surface area contributed by atoms with Crippen molar-refractivity contribution >= 4 is 84.5 Å². The van der Waals surface area contributed by atoms with Crippen LogP contribution in [-0.4, -0.2) is 239 Å². The number of carbonyl (C=O) groups is 3. The highest BCUT2D eigenvalue weighted by atomic mass is 32.2. The van der Waals surface area contributed by atoms with Crippen LogP contribution in [0.1, 0.15) is 65.1 Å². The third-order valence-electron chi connectivity index (χ3n) is 15.9. The third kappa shape index (κ3) is 22.0. The molecule has 2 amide bonds. The number of aliphatic hydroxyl groups excluding tert-OH is 1. The molecule has 2 aromatic carbocycles. The summed E-state index contributed by atoms with van der Waals surface area (Å²) in [6.07, 6.45) is 2.63. The number of aromatic nitrogens is 2. The monoisotopic (exact) mass is 1450 g/mol. The van der Waals surface area contributed by atoms with Gasteiger partial charge in [0.15, 0.2) is 34.0 Å². The summed E-state index contributed by atoms with van der Waals surface area (Å²) in [6.45, 7) is 4.96. The number of phosphoric acid groups is 2. The van der Waals surface area contributed by atoms with Gasteiger partial charge in [0.05, 0.1) is 119 Å². The summed E-state index contributed by atoms with van der Waals surface area (Å²) in [7, 11) is -8.94. The molecular weight excluding hydrogens is 1360 g/mol. The minimum atomic E-state index is -5.82. The molecular formula is C57H88N11O23P3S2+4. The maximum absolute atomic E-state index is 13.4. The summed E-state index contributed by atoms with van der Waals surface area (Å²) in [5.41, 5.74) is 3.02. The van der Waals surface area contributed by atoms with E-state index in [4.69, 9.17) is 24.8 Å². The molecule has 1 saturated heterocycles. The standard InChI is InChI=1S/C57H84N11O23P3S2/c1-37-49(71)46(88-56(37)64-33-39(55(73)63-57(64)74)16-13-23-60-47(70)34-68(9,10)31-30-65(2,3)4)36-87-93(77,78)91-94(79,80)90-92(75,76)62-25-15-29-67(7,8)27-12-11-26-66(5,6)28-14-24-61-54(72)38-17-18-41(40(32-38)35-69)48-42-19-21-44(58)52(95(81,82)83)50(42)89-51-43(48)20-22-45(59)53(51)96(84,85)86/h13,16-22,32-33,35,37,46,49,56,71H,11-12,14-15,23-31,34,36H2,1-10H3,(H8-4,58,59,60,61,62,63,70,72,73,74,75,76,77,78,79,80,81,82,83,84,85,86)/p+4/b16-13+/t37?,46-,49-,56-/m1/s1. The fraction of sp³-hybridized carbons (Fsp3) is 0.509. The molecule has 2 aliphatic heterocycles. The Labute approximate surface area is 554 Å². The number of phosphoric ester groups is 1. The van der Waals surface area contributed by atoms with Crippen molar-refractivity contribution in [2.45, 2.75) is 60.8 Å². The van der Waals surface area contributed by atoms with E-state index in [9.17, 15) is 83.4 Å². The minimum absolute atomic E-state index is 0.00548. The number of aliphatic hydroxyl groups is 1. The first kappa shape index (κ1) is 78.9. The van der Waals surface area contributed by atoms with E-state index >= 15 is 0 Å². The number of anilines is 1. The van der Waals surface area contributed by atoms with Gasteiger partial charge in [-0.15, -0.1) is 0 Å². The molecule has 34 nitrogen and oxygen atoms in total. The van der Waals surface area contributed by atoms with E-state index in [1.54, 1.807) is 0 Å². The van der Waals surface area contributed by atoms with Crippen LogP contribution in [0, 0.1) is 11.3 Å². The predicted molar refractivity (Wildman–Crippen MR) is 351 cm³/mol. The van der Waals surface area contributed by atoms with E-state index in [-0.39, 0.29) is 77.3 Å². The number of nitrogens with zero attached hydrogens (tertiary/aromatic N) is 5. The number of unbranched alkanes of at least 4 members (excludes halogenated alkanes) is 1. The van der Waals surface area contributed by atoms with E-state index < -0.39 is 124 Å². The average Bonchev–Trinajstić information content (AvgIpc) is 0.812. The first-order chi connectivity index (χ1) is 44.1. The number of nitrogen functional groups attached to an aromatic ring is 1. The number of nitrogens with one attached hydrogen (secondary N) is 5. The molecule has 3 heterocycles. The number of benzene rings is 3. The van der Waals surface area contributed by atoms with E-state index in [0.29, 0.717) is 45.8 Å². The quantitative estimate of drug-likeness (QED) is 0.00527. The Morgan fingerprint density at radius 2 is 1.38 bits per heavy atom. The van der Waals surface area contributed by atoms with E-state index in [1.165, 1.54) is 49.4 Å². The Morgan fingerprint density at radius 3 is 1.98 bits per heavy atom. The number of quaternary nitrogens is 4. The maximum Gasteiger partial charge on any atom is 0.489 e. The number of fused-ring (bicyclic) bond motifs is 2. The van der Waals surface area contributed by atoms with Gasteiger partial charge in [0.25, 0.3) is 37.6 Å². The largest absolute Gasteiger partial charge is 0.489 e. The number of likely N-dealkylation sites (N-methyl/N-ethyl adjacent to an activating group) is 2. The molecule has 96 heavy (non-hydrogen) atoms. The van der Waals surface area contributed by atoms with Crippen LogP contribution >= 0.6 is 23.4 Å². The summed E-state index contributed by atoms with van der Waals surface area (Å²) in [5, 5.41) is 26.1. The van der Waals surface area contributed by atoms with Gasteiger partial charge in [-0.05, 0) is 42.0 Å². The third-order valence-corrected chi connectivity index (χ3v) is 22.2. The van der Waals surface area contributed by atoms with Crippen molar-refractivity contribution in [2.24, 2.45) is 5.92 Å². The lowest BCUT2D eigenvalue weighted by atomic mass is 9.90. The van der Waals surface area contributed by atoms with Crippen LogP contribution in [0.5, 0.6) is 0 Å². The van der Waals surface area contributed by atoms with Gasteiger partial charge in [0.1, 0.15) is 25.4 Å². The first-order valence-corrected chi connectivity index (χ1v) is 37.5. The SMILES string of the molecule is CC1[C@@H](O)[C@@H](COP(=O)(O)OP(=O)(O)OP(=O)(O)NCCC[N+](C)(C)CCCC[N+](C)(C)CCCNC(=O)c2ccc(-c3c4ccc(=N)c(S(=O)(=O)O)c-4oc4c(S(=O)(=O)O)c(N)ccc34)c(C=O)c2)O[C@H]1n1cc(/C=C/CNC(=O)C[N+](C)(C)CC[N+](C)(C)C)c(=O)[nH]c1=O. The van der Waals surface area contributed by atoms with Crippen LogP contribution in [0.3, 0.4) is 0 Å². The number of carbonyl (C=O) groups excluding carboxylic acids is 3. The molecule has 1 aromatic heterocycles. The molecule has 3 aromatic rings. The van der Waals surface area contributed by atoms with E-state index in [2.05, 4.69) is 50.5 Å². The van der Waals surface area contributed by atoms with Crippen molar-refractivity contribution in [2.75, 3.05) is 141 Å². The zero-order valence-corrected chi connectivity index (χ0v) is 59.2. The Balaban J connectivity index is 0.916. The Morgan fingerprint density at radius 1 is 0.771 bits per heavy atom. The lowest BCUT2D eigenvalue weighted by molar-refractivity contribution is -0.933. The van der Waals surface area contributed by atoms with Crippen LogP contribution in [0.4, 0.5) is 5.69 Å². The van der Waals surface area contributed by atoms with E-state index in [0.717, 1.165) is 59.9 Å². The van der Waals surface area contributed by atoms with Crippen molar-refractivity contribution in [3.8, 4) is 22.5 Å². The number of aromatic amines is 1. The normalized spacial score (nSPS) is 18.7. The molecule has 532 valence electrons. The molecule has 4 unspecified atom stereocenters. The Hall–Kier alpha value is -6.05. The zero-order chi connectivity index (χ0) is 72.0. The van der Waals surface area contributed by atoms with Crippen molar-refractivity contribution in [3.63, 3.8) is 0 Å². The van der Waals surface area contributed by atoms with Crippen LogP contribution in [0.2, 0.25) is 0 Å². The second kappa shape index (κ2) is 31.0. The van der Waals surface area contributed by atoms with Crippen molar-refractivity contribution in [1.82, 2.24) is 25.3 Å². The highest BCUT2D eigenvalue weighted by Crippen LogP contribution is 2.66. The van der Waals surface area contributed by atoms with Gasteiger partial charge in [0, 0.05) is 85.1 Å². The second-order valence-electron chi connectivity index (χ2n) is 26.5. The number of rotatable bonds is 35. The van der Waals surface area contributed by atoms with Crippen LogP contribution < -0.4 is 38.1 Å². The molecule has 0 bridgehead atoms. The fourth-order valence-electron chi connectivity index (χ4n) is 10.8. The number of hydrogen-bond acceptors (Lipinski definition) is 20. The van der Waals surface area contributed by atoms with Gasteiger partial charge in [-0.25, -0.2) is 23.6 Å². The Bertz CT molecular complexity index is 4290. The number of aldehydes is 1. The number of H-pyrrole nitrogens is 1. The molecule has 39 heteroatoms. The van der Waals surface area contributed by atoms with Gasteiger partial charge in [0.2, 0.25) is 0 Å². The van der Waals surface area contributed by atoms with Crippen LogP contribution in [0.25, 0.3) is 39.5 Å². The highest BCUT2D eigenvalue weighted by molar-refractivity contribution is 7.86. The molecule has 3 aliphatic rings. The van der Waals surface area contributed by atoms with Gasteiger partial charge in [-0.1, -0.05) is 25.1 Å². The lowest BCUT2D eigenvalue weighted by Crippen LogP contribution is -2.52. The first-order valence-electron chi connectivity index (χ1n) is 30.0. The molecule has 13 N–H and O–H groups in total. The fourth-order valence-corrected chi connectivity index (χ4v) is 16.0. The number of hydrogen-bond donors (Lipinski definition) is 12. The van der Waals surface area contributed by atoms with Gasteiger partial charge >= 0.3 is 29.1 Å². The number of ether oxygens (including phenoxy) is 1. The molecule has 0 saturated carbocycles. The topological polar surface area (TPSA) is 483 Å². The number of amides is 2. The molecule has 0 radical (unpaired) electrons.